The maximum Gasteiger partial charge on any atom is 0.253 e. The van der Waals surface area contributed by atoms with Gasteiger partial charge in [0.15, 0.2) is 5.82 Å². The van der Waals surface area contributed by atoms with Crippen LogP contribution in [0.4, 0.5) is 5.82 Å². The second-order valence-corrected chi connectivity index (χ2v) is 7.97. The van der Waals surface area contributed by atoms with Crippen LogP contribution in [0.15, 0.2) is 24.3 Å². The van der Waals surface area contributed by atoms with E-state index in [1.165, 1.54) is 0 Å². The van der Waals surface area contributed by atoms with Gasteiger partial charge in [0.1, 0.15) is 22.6 Å². The Morgan fingerprint density at radius 2 is 1.70 bits per heavy atom. The number of ether oxygens (including phenoxy) is 1. The Morgan fingerprint density at radius 3 is 2.33 bits per heavy atom. The molecular formula is C22H28N6O2. The van der Waals surface area contributed by atoms with Crippen molar-refractivity contribution in [1.29, 1.82) is 0 Å². The Kier molecular flexibility index (Phi) is 5.32. The molecule has 3 aromatic rings. The van der Waals surface area contributed by atoms with Gasteiger partial charge in [-0.05, 0) is 52.0 Å². The Bertz CT molecular complexity index is 1070. The summed E-state index contributed by atoms with van der Waals surface area (Å²) in [5.74, 6) is 2.45. The number of nitrogens with zero attached hydrogens (tertiary/aromatic N) is 6. The highest BCUT2D eigenvalue weighted by atomic mass is 16.5. The third kappa shape index (κ3) is 3.81. The highest BCUT2D eigenvalue weighted by Gasteiger charge is 2.26. The number of piperazine rings is 1. The highest BCUT2D eigenvalue weighted by Crippen LogP contribution is 2.26. The number of amides is 1. The molecule has 8 heteroatoms. The first-order valence-corrected chi connectivity index (χ1v) is 10.3. The van der Waals surface area contributed by atoms with Crippen molar-refractivity contribution in [3.8, 4) is 5.75 Å². The molecule has 0 unspecified atom stereocenters. The molecular weight excluding hydrogens is 380 g/mol. The predicted octanol–water partition coefficient (Wildman–Crippen LogP) is 2.73. The lowest BCUT2D eigenvalue weighted by Gasteiger charge is -2.35. The zero-order chi connectivity index (χ0) is 21.4. The first-order valence-electron chi connectivity index (χ1n) is 10.3. The molecule has 0 radical (unpaired) electrons. The lowest BCUT2D eigenvalue weighted by atomic mass is 10.1. The van der Waals surface area contributed by atoms with Crippen LogP contribution in [0.1, 0.15) is 35.7 Å². The molecule has 4 rings (SSSR count). The van der Waals surface area contributed by atoms with Gasteiger partial charge in [0.2, 0.25) is 0 Å². The number of carbonyl (C=O) groups is 1. The number of hydrogen-bond donors (Lipinski definition) is 0. The fourth-order valence-corrected chi connectivity index (χ4v) is 3.90. The quantitative estimate of drug-likeness (QED) is 0.661. The molecule has 158 valence electrons. The average molecular weight is 409 g/mol. The molecule has 1 saturated heterocycles. The first kappa shape index (κ1) is 20.1. The van der Waals surface area contributed by atoms with E-state index in [1.807, 2.05) is 68.6 Å². The maximum atomic E-state index is 12.9. The van der Waals surface area contributed by atoms with E-state index in [4.69, 9.17) is 9.72 Å². The van der Waals surface area contributed by atoms with Crippen molar-refractivity contribution >= 4 is 22.8 Å². The minimum absolute atomic E-state index is 0.0474. The van der Waals surface area contributed by atoms with Crippen LogP contribution < -0.4 is 9.64 Å². The fraction of sp³-hybridized carbons (Fsp3) is 0.455. The van der Waals surface area contributed by atoms with Gasteiger partial charge in [-0.25, -0.2) is 9.97 Å². The van der Waals surface area contributed by atoms with Crippen molar-refractivity contribution in [2.24, 2.45) is 7.05 Å². The Hall–Kier alpha value is -3.16. The second-order valence-electron chi connectivity index (χ2n) is 7.97. The molecule has 0 bridgehead atoms. The molecule has 0 saturated carbocycles. The van der Waals surface area contributed by atoms with Gasteiger partial charge < -0.3 is 14.5 Å². The average Bonchev–Trinajstić information content (AvgIpc) is 3.00. The van der Waals surface area contributed by atoms with Crippen molar-refractivity contribution < 1.29 is 9.53 Å². The van der Waals surface area contributed by atoms with Gasteiger partial charge in [-0.15, -0.1) is 0 Å². The van der Waals surface area contributed by atoms with E-state index in [-0.39, 0.29) is 12.0 Å². The van der Waals surface area contributed by atoms with Crippen LogP contribution in [-0.2, 0) is 7.05 Å². The standard InChI is InChI=1S/C22H28N6O2/c1-14(2)30-18-8-6-17(7-9-18)22(29)28-12-10-27(11-13-28)21-20-19(23-16(4)24-21)15(3)25-26(20)5/h6-9,14H,10-13H2,1-5H3. The van der Waals surface area contributed by atoms with Crippen LogP contribution in [0, 0.1) is 13.8 Å². The predicted molar refractivity (Wildman–Crippen MR) is 116 cm³/mol. The molecule has 0 aliphatic carbocycles. The van der Waals surface area contributed by atoms with Crippen LogP contribution in [0.25, 0.3) is 11.0 Å². The summed E-state index contributed by atoms with van der Waals surface area (Å²) in [7, 11) is 1.92. The van der Waals surface area contributed by atoms with E-state index < -0.39 is 0 Å². The van der Waals surface area contributed by atoms with Crippen LogP contribution in [0.5, 0.6) is 5.75 Å². The Labute approximate surface area is 176 Å². The van der Waals surface area contributed by atoms with Crippen molar-refractivity contribution in [2.45, 2.75) is 33.8 Å². The summed E-state index contributed by atoms with van der Waals surface area (Å²) in [6, 6.07) is 7.38. The molecule has 1 aromatic carbocycles. The van der Waals surface area contributed by atoms with E-state index in [9.17, 15) is 4.79 Å². The number of anilines is 1. The van der Waals surface area contributed by atoms with Gasteiger partial charge in [-0.3, -0.25) is 9.48 Å². The van der Waals surface area contributed by atoms with Crippen molar-refractivity contribution in [2.75, 3.05) is 31.1 Å². The van der Waals surface area contributed by atoms with Gasteiger partial charge in [-0.1, -0.05) is 0 Å². The smallest absolute Gasteiger partial charge is 0.253 e. The Morgan fingerprint density at radius 1 is 1.03 bits per heavy atom. The van der Waals surface area contributed by atoms with Gasteiger partial charge >= 0.3 is 0 Å². The molecule has 30 heavy (non-hydrogen) atoms. The van der Waals surface area contributed by atoms with Crippen LogP contribution in [0.2, 0.25) is 0 Å². The highest BCUT2D eigenvalue weighted by molar-refractivity contribution is 5.94. The normalized spacial score (nSPS) is 14.6. The zero-order valence-electron chi connectivity index (χ0n) is 18.2. The minimum Gasteiger partial charge on any atom is -0.491 e. The molecule has 2 aromatic heterocycles. The molecule has 0 spiro atoms. The second kappa shape index (κ2) is 7.93. The van der Waals surface area contributed by atoms with Crippen molar-refractivity contribution in [3.63, 3.8) is 0 Å². The SMILES string of the molecule is Cc1nc(N2CCN(C(=O)c3ccc(OC(C)C)cc3)CC2)c2c(n1)c(C)nn2C. The summed E-state index contributed by atoms with van der Waals surface area (Å²) >= 11 is 0. The zero-order valence-corrected chi connectivity index (χ0v) is 18.2. The number of hydrogen-bond acceptors (Lipinski definition) is 6. The number of carbonyl (C=O) groups excluding carboxylic acids is 1. The maximum absolute atomic E-state index is 12.9. The van der Waals surface area contributed by atoms with Crippen LogP contribution in [0.3, 0.4) is 0 Å². The van der Waals surface area contributed by atoms with E-state index in [1.54, 1.807) is 0 Å². The Balaban J connectivity index is 1.48. The van der Waals surface area contributed by atoms with E-state index in [0.29, 0.717) is 18.7 Å². The molecule has 0 N–H and O–H groups in total. The molecule has 8 nitrogen and oxygen atoms in total. The summed E-state index contributed by atoms with van der Waals surface area (Å²) in [5.41, 5.74) is 3.42. The minimum atomic E-state index is 0.0474. The third-order valence-electron chi connectivity index (χ3n) is 5.28. The topological polar surface area (TPSA) is 76.4 Å². The molecule has 1 aliphatic rings. The number of fused-ring (bicyclic) bond motifs is 1. The first-order chi connectivity index (χ1) is 14.3. The van der Waals surface area contributed by atoms with Gasteiger partial charge in [0.25, 0.3) is 5.91 Å². The summed E-state index contributed by atoms with van der Waals surface area (Å²) in [6.07, 6.45) is 0.111. The van der Waals surface area contributed by atoms with Crippen LogP contribution >= 0.6 is 0 Å². The molecule has 0 atom stereocenters. The largest absolute Gasteiger partial charge is 0.491 e. The van der Waals surface area contributed by atoms with E-state index >= 15 is 0 Å². The van der Waals surface area contributed by atoms with E-state index in [0.717, 1.165) is 47.2 Å². The van der Waals surface area contributed by atoms with Gasteiger partial charge in [0.05, 0.1) is 11.8 Å². The lowest BCUT2D eigenvalue weighted by molar-refractivity contribution is 0.0746. The number of aryl methyl sites for hydroxylation is 3. The number of rotatable bonds is 4. The molecule has 1 amide bonds. The molecule has 3 heterocycles. The monoisotopic (exact) mass is 408 g/mol. The van der Waals surface area contributed by atoms with Gasteiger partial charge in [0, 0.05) is 38.8 Å². The van der Waals surface area contributed by atoms with Crippen molar-refractivity contribution in [3.05, 3.63) is 41.3 Å². The van der Waals surface area contributed by atoms with Crippen LogP contribution in [-0.4, -0.2) is 62.8 Å². The summed E-state index contributed by atoms with van der Waals surface area (Å²) in [6.45, 7) is 10.6. The van der Waals surface area contributed by atoms with E-state index in [2.05, 4.69) is 15.0 Å². The third-order valence-corrected chi connectivity index (χ3v) is 5.28. The molecule has 1 aliphatic heterocycles. The summed E-state index contributed by atoms with van der Waals surface area (Å²) in [4.78, 5) is 26.3. The summed E-state index contributed by atoms with van der Waals surface area (Å²) < 4.78 is 7.51. The summed E-state index contributed by atoms with van der Waals surface area (Å²) in [5, 5.41) is 4.51. The fourth-order valence-electron chi connectivity index (χ4n) is 3.90. The number of aromatic nitrogens is 4. The van der Waals surface area contributed by atoms with Gasteiger partial charge in [-0.2, -0.15) is 5.10 Å². The molecule has 1 fully saturated rings. The number of benzene rings is 1. The van der Waals surface area contributed by atoms with Crippen molar-refractivity contribution in [1.82, 2.24) is 24.6 Å². The lowest BCUT2D eigenvalue weighted by Crippen LogP contribution is -2.49.